The monoisotopic (exact) mass is 240 g/mol. The van der Waals surface area contributed by atoms with E-state index < -0.39 is 5.97 Å². The zero-order chi connectivity index (χ0) is 11.5. The van der Waals surface area contributed by atoms with E-state index in [-0.39, 0.29) is 6.04 Å². The van der Waals surface area contributed by atoms with Gasteiger partial charge in [-0.25, -0.2) is 4.98 Å². The Labute approximate surface area is 98.9 Å². The number of carboxylic acid groups (broad SMARTS) is 1. The number of carboxylic acids is 1. The van der Waals surface area contributed by atoms with Gasteiger partial charge in [-0.05, 0) is 37.1 Å². The van der Waals surface area contributed by atoms with Crippen LogP contribution in [0.15, 0.2) is 18.3 Å². The van der Waals surface area contributed by atoms with E-state index in [2.05, 4.69) is 4.98 Å². The van der Waals surface area contributed by atoms with Crippen molar-refractivity contribution in [3.63, 3.8) is 0 Å². The van der Waals surface area contributed by atoms with Gasteiger partial charge < -0.3 is 5.11 Å². The lowest BCUT2D eigenvalue weighted by Crippen LogP contribution is -2.35. The highest BCUT2D eigenvalue weighted by Gasteiger charge is 2.30. The number of aromatic nitrogens is 1. The maximum atomic E-state index is 11.0. The van der Waals surface area contributed by atoms with Crippen LogP contribution in [-0.4, -0.2) is 33.5 Å². The molecule has 0 spiro atoms. The van der Waals surface area contributed by atoms with Crippen LogP contribution in [0.3, 0.4) is 0 Å². The minimum Gasteiger partial charge on any atom is -0.480 e. The summed E-state index contributed by atoms with van der Waals surface area (Å²) in [5.41, 5.74) is 1.01. The largest absolute Gasteiger partial charge is 0.480 e. The van der Waals surface area contributed by atoms with Crippen molar-refractivity contribution in [2.24, 2.45) is 0 Å². The molecule has 1 atom stereocenters. The Balaban J connectivity index is 2.06. The molecule has 0 radical (unpaired) electrons. The van der Waals surface area contributed by atoms with Crippen molar-refractivity contribution in [2.75, 3.05) is 6.54 Å². The smallest absolute Gasteiger partial charge is 0.320 e. The van der Waals surface area contributed by atoms with Gasteiger partial charge in [0.25, 0.3) is 0 Å². The summed E-state index contributed by atoms with van der Waals surface area (Å²) in [6.07, 6.45) is 3.31. The van der Waals surface area contributed by atoms with E-state index in [0.717, 1.165) is 24.9 Å². The second-order valence-electron chi connectivity index (χ2n) is 3.95. The molecule has 1 N–H and O–H groups in total. The number of nitrogens with zero attached hydrogens (tertiary/aromatic N) is 2. The molecule has 0 bridgehead atoms. The third-order valence-corrected chi connectivity index (χ3v) is 3.03. The number of aliphatic carboxylic acids is 1. The Morgan fingerprint density at radius 1 is 1.69 bits per heavy atom. The number of hydrogen-bond donors (Lipinski definition) is 1. The summed E-state index contributed by atoms with van der Waals surface area (Å²) in [6.45, 7) is 1.45. The molecule has 0 unspecified atom stereocenters. The molecule has 1 aromatic heterocycles. The molecule has 0 aromatic carbocycles. The van der Waals surface area contributed by atoms with Crippen LogP contribution in [0.4, 0.5) is 0 Å². The molecule has 1 aliphatic heterocycles. The maximum absolute atomic E-state index is 11.0. The summed E-state index contributed by atoms with van der Waals surface area (Å²) in [6, 6.07) is 3.29. The van der Waals surface area contributed by atoms with E-state index >= 15 is 0 Å². The Morgan fingerprint density at radius 2 is 2.50 bits per heavy atom. The molecule has 1 aliphatic rings. The SMILES string of the molecule is O=C(O)[C@@H]1CCCN1Cc1ccnc(Cl)c1. The van der Waals surface area contributed by atoms with Gasteiger partial charge in [-0.3, -0.25) is 9.69 Å². The lowest BCUT2D eigenvalue weighted by molar-refractivity contribution is -0.142. The number of likely N-dealkylation sites (tertiary alicyclic amines) is 1. The summed E-state index contributed by atoms with van der Waals surface area (Å²) < 4.78 is 0. The third kappa shape index (κ3) is 2.51. The molecule has 2 heterocycles. The van der Waals surface area contributed by atoms with Gasteiger partial charge in [0.1, 0.15) is 11.2 Å². The summed E-state index contributed by atoms with van der Waals surface area (Å²) in [4.78, 5) is 16.9. The first kappa shape index (κ1) is 11.4. The van der Waals surface area contributed by atoms with Gasteiger partial charge in [-0.2, -0.15) is 0 Å². The van der Waals surface area contributed by atoms with Gasteiger partial charge in [0.2, 0.25) is 0 Å². The van der Waals surface area contributed by atoms with E-state index in [1.165, 1.54) is 0 Å². The highest BCUT2D eigenvalue weighted by molar-refractivity contribution is 6.29. The molecular formula is C11H13ClN2O2. The Kier molecular flexibility index (Phi) is 3.41. The molecule has 4 nitrogen and oxygen atoms in total. The zero-order valence-electron chi connectivity index (χ0n) is 8.77. The fourth-order valence-electron chi connectivity index (χ4n) is 2.07. The topological polar surface area (TPSA) is 53.4 Å². The van der Waals surface area contributed by atoms with E-state index in [9.17, 15) is 4.79 Å². The highest BCUT2D eigenvalue weighted by Crippen LogP contribution is 2.20. The van der Waals surface area contributed by atoms with Crippen LogP contribution < -0.4 is 0 Å². The molecule has 2 rings (SSSR count). The summed E-state index contributed by atoms with van der Waals surface area (Å²) in [5.74, 6) is -0.738. The summed E-state index contributed by atoms with van der Waals surface area (Å²) in [7, 11) is 0. The first-order valence-electron chi connectivity index (χ1n) is 5.24. The van der Waals surface area contributed by atoms with Crippen molar-refractivity contribution in [3.8, 4) is 0 Å². The van der Waals surface area contributed by atoms with Gasteiger partial charge in [-0.1, -0.05) is 11.6 Å². The summed E-state index contributed by atoms with van der Waals surface area (Å²) in [5, 5.41) is 9.48. The fourth-order valence-corrected chi connectivity index (χ4v) is 2.27. The Bertz CT molecular complexity index is 397. The lowest BCUT2D eigenvalue weighted by Gasteiger charge is -2.20. The highest BCUT2D eigenvalue weighted by atomic mass is 35.5. The van der Waals surface area contributed by atoms with Crippen molar-refractivity contribution >= 4 is 17.6 Å². The van der Waals surface area contributed by atoms with Gasteiger partial charge in [-0.15, -0.1) is 0 Å². The minimum atomic E-state index is -0.738. The molecule has 1 saturated heterocycles. The number of rotatable bonds is 3. The lowest BCUT2D eigenvalue weighted by atomic mass is 10.2. The predicted molar refractivity (Wildman–Crippen MR) is 60.3 cm³/mol. The van der Waals surface area contributed by atoms with E-state index in [1.807, 2.05) is 11.0 Å². The van der Waals surface area contributed by atoms with Gasteiger partial charge >= 0.3 is 5.97 Å². The van der Waals surface area contributed by atoms with E-state index in [1.54, 1.807) is 12.3 Å². The van der Waals surface area contributed by atoms with E-state index in [0.29, 0.717) is 11.7 Å². The number of pyridine rings is 1. The first-order valence-corrected chi connectivity index (χ1v) is 5.62. The van der Waals surface area contributed by atoms with Crippen molar-refractivity contribution in [3.05, 3.63) is 29.0 Å². The molecule has 86 valence electrons. The molecule has 1 aromatic rings. The van der Waals surface area contributed by atoms with Crippen LogP contribution >= 0.6 is 11.6 Å². The second-order valence-corrected chi connectivity index (χ2v) is 4.34. The Hall–Kier alpha value is -1.13. The van der Waals surface area contributed by atoms with Crippen LogP contribution in [0, 0.1) is 0 Å². The predicted octanol–water partition coefficient (Wildman–Crippen LogP) is 1.78. The zero-order valence-corrected chi connectivity index (χ0v) is 9.52. The molecule has 1 fully saturated rings. The first-order chi connectivity index (χ1) is 7.66. The standard InChI is InChI=1S/C11H13ClN2O2/c12-10-6-8(3-4-13-10)7-14-5-1-2-9(14)11(15)16/h3-4,6,9H,1-2,5,7H2,(H,15,16)/t9-/m0/s1. The minimum absolute atomic E-state index is 0.355. The van der Waals surface area contributed by atoms with Gasteiger partial charge in [0.15, 0.2) is 0 Å². The fraction of sp³-hybridized carbons (Fsp3) is 0.455. The maximum Gasteiger partial charge on any atom is 0.320 e. The quantitative estimate of drug-likeness (QED) is 0.819. The van der Waals surface area contributed by atoms with Gasteiger partial charge in [0, 0.05) is 12.7 Å². The van der Waals surface area contributed by atoms with Gasteiger partial charge in [0.05, 0.1) is 0 Å². The summed E-state index contributed by atoms with van der Waals surface area (Å²) >= 11 is 5.78. The molecule has 0 amide bonds. The molecule has 0 saturated carbocycles. The Morgan fingerprint density at radius 3 is 3.19 bits per heavy atom. The van der Waals surface area contributed by atoms with Crippen molar-refractivity contribution in [2.45, 2.75) is 25.4 Å². The number of halogens is 1. The van der Waals surface area contributed by atoms with Crippen LogP contribution in [0.1, 0.15) is 18.4 Å². The average Bonchev–Trinajstić information content (AvgIpc) is 2.66. The van der Waals surface area contributed by atoms with Crippen LogP contribution in [0.2, 0.25) is 5.15 Å². The molecule has 0 aliphatic carbocycles. The molecule has 5 heteroatoms. The molecule has 16 heavy (non-hydrogen) atoms. The van der Waals surface area contributed by atoms with Crippen LogP contribution in [0.5, 0.6) is 0 Å². The van der Waals surface area contributed by atoms with Crippen LogP contribution in [0.25, 0.3) is 0 Å². The second kappa shape index (κ2) is 4.80. The van der Waals surface area contributed by atoms with Crippen molar-refractivity contribution in [1.82, 2.24) is 9.88 Å². The van der Waals surface area contributed by atoms with Crippen LogP contribution in [-0.2, 0) is 11.3 Å². The third-order valence-electron chi connectivity index (χ3n) is 2.83. The average molecular weight is 241 g/mol. The number of carbonyl (C=O) groups is 1. The van der Waals surface area contributed by atoms with Crippen molar-refractivity contribution < 1.29 is 9.90 Å². The molecular weight excluding hydrogens is 228 g/mol. The van der Waals surface area contributed by atoms with Crippen molar-refractivity contribution in [1.29, 1.82) is 0 Å². The van der Waals surface area contributed by atoms with E-state index in [4.69, 9.17) is 16.7 Å². The number of hydrogen-bond acceptors (Lipinski definition) is 3. The normalized spacial score (nSPS) is 21.2.